The molecule has 2 aromatic carbocycles. The van der Waals surface area contributed by atoms with Crippen LogP contribution in [0, 0.1) is 6.92 Å². The van der Waals surface area contributed by atoms with Gasteiger partial charge in [-0.1, -0.05) is 0 Å². The number of methoxy groups -OCH3 is 1. The molecule has 1 amide bonds. The molecule has 28 heavy (non-hydrogen) atoms. The van der Waals surface area contributed by atoms with Gasteiger partial charge in [-0.15, -0.1) is 0 Å². The van der Waals surface area contributed by atoms with Crippen molar-refractivity contribution in [1.29, 1.82) is 0 Å². The Morgan fingerprint density at radius 2 is 1.82 bits per heavy atom. The summed E-state index contributed by atoms with van der Waals surface area (Å²) in [5.74, 6) is 0.513. The van der Waals surface area contributed by atoms with Crippen LogP contribution < -0.4 is 15.8 Å². The van der Waals surface area contributed by atoms with E-state index in [1.165, 1.54) is 19.2 Å². The Labute approximate surface area is 162 Å². The van der Waals surface area contributed by atoms with Gasteiger partial charge in [-0.3, -0.25) is 4.79 Å². The highest BCUT2D eigenvalue weighted by molar-refractivity contribution is 7.90. The number of aryl methyl sites for hydroxylation is 1. The van der Waals surface area contributed by atoms with Crippen molar-refractivity contribution >= 4 is 27.2 Å². The average molecular weight is 400 g/mol. The number of hydrogen-bond donors (Lipinski definition) is 2. The summed E-state index contributed by atoms with van der Waals surface area (Å²) in [4.78, 5) is 12.0. The SMILES string of the molecule is COc1ccc(Nc2cc(C)nn2-c2ccc(S(C)(=O)=O)cc2)c(C(N)=O)c1. The first-order valence-corrected chi connectivity index (χ1v) is 10.2. The number of primary amides is 1. The molecule has 0 aliphatic carbocycles. The van der Waals surface area contributed by atoms with Crippen molar-refractivity contribution in [3.8, 4) is 11.4 Å². The van der Waals surface area contributed by atoms with Crippen molar-refractivity contribution in [2.75, 3.05) is 18.7 Å². The molecule has 1 aromatic heterocycles. The number of carbonyl (C=O) groups is 1. The van der Waals surface area contributed by atoms with Crippen LogP contribution in [0.3, 0.4) is 0 Å². The molecule has 0 fully saturated rings. The summed E-state index contributed by atoms with van der Waals surface area (Å²) in [7, 11) is -1.78. The van der Waals surface area contributed by atoms with E-state index in [1.54, 1.807) is 41.1 Å². The highest BCUT2D eigenvalue weighted by Crippen LogP contribution is 2.27. The van der Waals surface area contributed by atoms with Gasteiger partial charge in [0.05, 0.1) is 34.6 Å². The Bertz CT molecular complexity index is 1140. The number of aromatic nitrogens is 2. The van der Waals surface area contributed by atoms with E-state index in [0.717, 1.165) is 11.9 Å². The Hall–Kier alpha value is -3.33. The fraction of sp³-hybridized carbons (Fsp3) is 0.158. The van der Waals surface area contributed by atoms with Gasteiger partial charge in [0.25, 0.3) is 5.91 Å². The van der Waals surface area contributed by atoms with E-state index in [9.17, 15) is 13.2 Å². The van der Waals surface area contributed by atoms with Crippen molar-refractivity contribution in [1.82, 2.24) is 9.78 Å². The smallest absolute Gasteiger partial charge is 0.250 e. The normalized spacial score (nSPS) is 11.2. The number of benzene rings is 2. The standard InChI is InChI=1S/C19H20N4O4S/c1-12-10-18(21-17-9-6-14(27-2)11-16(17)19(20)24)23(22-12)13-4-7-15(8-5-13)28(3,25)26/h4-11,21H,1-3H3,(H2,20,24). The number of ether oxygens (including phenoxy) is 1. The molecule has 0 saturated heterocycles. The second-order valence-corrected chi connectivity index (χ2v) is 8.27. The van der Waals surface area contributed by atoms with Crippen molar-refractivity contribution < 1.29 is 17.9 Å². The van der Waals surface area contributed by atoms with Crippen molar-refractivity contribution in [2.45, 2.75) is 11.8 Å². The van der Waals surface area contributed by atoms with Gasteiger partial charge in [-0.05, 0) is 49.4 Å². The molecule has 0 radical (unpaired) electrons. The highest BCUT2D eigenvalue weighted by Gasteiger charge is 2.14. The second kappa shape index (κ2) is 7.35. The van der Waals surface area contributed by atoms with Crippen LogP contribution in [0.1, 0.15) is 16.1 Å². The highest BCUT2D eigenvalue weighted by atomic mass is 32.2. The maximum absolute atomic E-state index is 11.8. The van der Waals surface area contributed by atoms with Crippen LogP contribution in [0.15, 0.2) is 53.4 Å². The van der Waals surface area contributed by atoms with Crippen LogP contribution in [0.2, 0.25) is 0 Å². The van der Waals surface area contributed by atoms with E-state index in [4.69, 9.17) is 10.5 Å². The summed E-state index contributed by atoms with van der Waals surface area (Å²) in [6.07, 6.45) is 1.15. The molecular weight excluding hydrogens is 380 g/mol. The third-order valence-corrected chi connectivity index (χ3v) is 5.22. The number of carbonyl (C=O) groups excluding carboxylic acids is 1. The maximum atomic E-state index is 11.8. The largest absolute Gasteiger partial charge is 0.497 e. The van der Waals surface area contributed by atoms with E-state index in [1.807, 2.05) is 6.92 Å². The van der Waals surface area contributed by atoms with Crippen molar-refractivity contribution in [2.24, 2.45) is 5.73 Å². The number of nitrogens with one attached hydrogen (secondary N) is 1. The first kappa shape index (κ1) is 19.4. The first-order chi connectivity index (χ1) is 13.2. The van der Waals surface area contributed by atoms with E-state index in [-0.39, 0.29) is 10.5 Å². The summed E-state index contributed by atoms with van der Waals surface area (Å²) < 4.78 is 30.1. The topological polar surface area (TPSA) is 116 Å². The molecule has 0 spiro atoms. The van der Waals surface area contributed by atoms with Crippen LogP contribution in [-0.2, 0) is 9.84 Å². The minimum absolute atomic E-state index is 0.223. The number of rotatable bonds is 6. The molecule has 3 rings (SSSR count). The molecular formula is C19H20N4O4S. The van der Waals surface area contributed by atoms with Crippen molar-refractivity contribution in [3.05, 3.63) is 59.8 Å². The molecule has 3 N–H and O–H groups in total. The monoisotopic (exact) mass is 400 g/mol. The fourth-order valence-electron chi connectivity index (χ4n) is 2.72. The van der Waals surface area contributed by atoms with Gasteiger partial charge in [0.1, 0.15) is 11.6 Å². The summed E-state index contributed by atoms with van der Waals surface area (Å²) in [6.45, 7) is 1.83. The third kappa shape index (κ3) is 3.99. The molecule has 8 nitrogen and oxygen atoms in total. The van der Waals surface area contributed by atoms with E-state index in [2.05, 4.69) is 10.4 Å². The van der Waals surface area contributed by atoms with Crippen LogP contribution in [0.4, 0.5) is 11.5 Å². The number of hydrogen-bond acceptors (Lipinski definition) is 6. The van der Waals surface area contributed by atoms with Crippen molar-refractivity contribution in [3.63, 3.8) is 0 Å². The molecule has 0 bridgehead atoms. The molecule has 0 saturated carbocycles. The van der Waals surface area contributed by atoms with Gasteiger partial charge >= 0.3 is 0 Å². The second-order valence-electron chi connectivity index (χ2n) is 6.25. The number of amides is 1. The zero-order chi connectivity index (χ0) is 20.5. The lowest BCUT2D eigenvalue weighted by atomic mass is 10.1. The molecule has 0 atom stereocenters. The van der Waals surface area contributed by atoms with Crippen LogP contribution in [-0.4, -0.2) is 37.5 Å². The maximum Gasteiger partial charge on any atom is 0.250 e. The number of nitrogens with zero attached hydrogens (tertiary/aromatic N) is 2. The molecule has 3 aromatic rings. The molecule has 9 heteroatoms. The zero-order valence-electron chi connectivity index (χ0n) is 15.6. The zero-order valence-corrected chi connectivity index (χ0v) is 16.4. The third-order valence-electron chi connectivity index (χ3n) is 4.10. The number of nitrogens with two attached hydrogens (primary N) is 1. The van der Waals surface area contributed by atoms with Gasteiger partial charge in [0, 0.05) is 12.3 Å². The predicted octanol–water partition coefficient (Wildman–Crippen LogP) is 2.44. The average Bonchev–Trinajstić information content (AvgIpc) is 3.01. The molecule has 0 aliphatic rings. The predicted molar refractivity (Wildman–Crippen MR) is 106 cm³/mol. The lowest BCUT2D eigenvalue weighted by Crippen LogP contribution is -2.14. The van der Waals surface area contributed by atoms with E-state index in [0.29, 0.717) is 22.9 Å². The summed E-state index contributed by atoms with van der Waals surface area (Å²) >= 11 is 0. The Balaban J connectivity index is 2.01. The summed E-state index contributed by atoms with van der Waals surface area (Å²) in [5.41, 5.74) is 7.67. The quantitative estimate of drug-likeness (QED) is 0.656. The van der Waals surface area contributed by atoms with Gasteiger partial charge < -0.3 is 15.8 Å². The number of sulfone groups is 1. The Morgan fingerprint density at radius 3 is 2.39 bits per heavy atom. The molecule has 0 aliphatic heterocycles. The minimum Gasteiger partial charge on any atom is -0.497 e. The lowest BCUT2D eigenvalue weighted by molar-refractivity contribution is 0.100. The minimum atomic E-state index is -3.29. The van der Waals surface area contributed by atoms with Gasteiger partial charge in [0.15, 0.2) is 9.84 Å². The number of anilines is 2. The Morgan fingerprint density at radius 1 is 1.14 bits per heavy atom. The van der Waals surface area contributed by atoms with Crippen LogP contribution in [0.5, 0.6) is 5.75 Å². The van der Waals surface area contributed by atoms with E-state index >= 15 is 0 Å². The van der Waals surface area contributed by atoms with E-state index < -0.39 is 15.7 Å². The first-order valence-electron chi connectivity index (χ1n) is 8.31. The summed E-state index contributed by atoms with van der Waals surface area (Å²) in [5, 5.41) is 7.60. The van der Waals surface area contributed by atoms with Crippen LogP contribution >= 0.6 is 0 Å². The molecule has 146 valence electrons. The lowest BCUT2D eigenvalue weighted by Gasteiger charge is -2.13. The van der Waals surface area contributed by atoms with Gasteiger partial charge in [0.2, 0.25) is 0 Å². The molecule has 1 heterocycles. The Kier molecular flexibility index (Phi) is 5.10. The van der Waals surface area contributed by atoms with Gasteiger partial charge in [-0.25, -0.2) is 13.1 Å². The molecule has 0 unspecified atom stereocenters. The van der Waals surface area contributed by atoms with Crippen LogP contribution in [0.25, 0.3) is 5.69 Å². The summed E-state index contributed by atoms with van der Waals surface area (Å²) in [6, 6.07) is 13.1. The van der Waals surface area contributed by atoms with Gasteiger partial charge in [-0.2, -0.15) is 5.10 Å². The fourth-order valence-corrected chi connectivity index (χ4v) is 3.35.